The molecule has 3 rings (SSSR count). The molecule has 0 fully saturated rings. The molecule has 7 heteroatoms. The van der Waals surface area contributed by atoms with Gasteiger partial charge in [-0.25, -0.2) is 14.2 Å². The molecule has 1 heterocycles. The van der Waals surface area contributed by atoms with Gasteiger partial charge < -0.3 is 10.1 Å². The fraction of sp³-hybridized carbons (Fsp3) is 0.0588. The molecule has 2 amide bonds. The number of ether oxygens (including phenoxy) is 1. The molecule has 0 radical (unpaired) electrons. The van der Waals surface area contributed by atoms with Crippen LogP contribution in [0.3, 0.4) is 0 Å². The molecule has 0 aliphatic heterocycles. The second kappa shape index (κ2) is 7.10. The van der Waals surface area contributed by atoms with Crippen LogP contribution in [0.1, 0.15) is 0 Å². The van der Waals surface area contributed by atoms with Gasteiger partial charge in [-0.3, -0.25) is 5.32 Å². The van der Waals surface area contributed by atoms with Gasteiger partial charge in [0, 0.05) is 10.9 Å². The zero-order chi connectivity index (χ0) is 16.9. The van der Waals surface area contributed by atoms with Crippen LogP contribution in [0, 0.1) is 5.82 Å². The SMILES string of the molecule is COc1ccc(-c2csc(NC(=O)Nc3ccccc3F)n2)cc1. The summed E-state index contributed by atoms with van der Waals surface area (Å²) in [6.45, 7) is 0. The van der Waals surface area contributed by atoms with Crippen molar-refractivity contribution in [3.05, 3.63) is 59.7 Å². The van der Waals surface area contributed by atoms with Crippen molar-refractivity contribution in [3.8, 4) is 17.0 Å². The maximum atomic E-state index is 13.5. The van der Waals surface area contributed by atoms with Crippen molar-refractivity contribution in [1.82, 2.24) is 4.98 Å². The van der Waals surface area contributed by atoms with Gasteiger partial charge in [0.25, 0.3) is 0 Å². The summed E-state index contributed by atoms with van der Waals surface area (Å²) in [5.74, 6) is 0.266. The zero-order valence-corrected chi connectivity index (χ0v) is 13.6. The lowest BCUT2D eigenvalue weighted by Crippen LogP contribution is -2.19. The van der Waals surface area contributed by atoms with Crippen LogP contribution in [0.25, 0.3) is 11.3 Å². The molecular formula is C17H14FN3O2S. The van der Waals surface area contributed by atoms with Crippen molar-refractivity contribution in [2.45, 2.75) is 0 Å². The first-order valence-electron chi connectivity index (χ1n) is 7.08. The smallest absolute Gasteiger partial charge is 0.325 e. The molecule has 3 aromatic rings. The summed E-state index contributed by atoms with van der Waals surface area (Å²) in [5, 5.41) is 7.30. The standard InChI is InChI=1S/C17H14FN3O2S/c1-23-12-8-6-11(7-9-12)15-10-24-17(20-15)21-16(22)19-14-5-3-2-4-13(14)18/h2-10H,1H3,(H2,19,20,21,22). The zero-order valence-electron chi connectivity index (χ0n) is 12.7. The topological polar surface area (TPSA) is 63.2 Å². The number of nitrogens with zero attached hydrogens (tertiary/aromatic N) is 1. The highest BCUT2D eigenvalue weighted by atomic mass is 32.1. The molecule has 0 bridgehead atoms. The Hall–Kier alpha value is -2.93. The van der Waals surface area contributed by atoms with E-state index in [9.17, 15) is 9.18 Å². The van der Waals surface area contributed by atoms with E-state index in [-0.39, 0.29) is 5.69 Å². The van der Waals surface area contributed by atoms with Gasteiger partial charge in [0.1, 0.15) is 11.6 Å². The number of carbonyl (C=O) groups is 1. The number of hydrogen-bond donors (Lipinski definition) is 2. The average Bonchev–Trinajstić information content (AvgIpc) is 3.05. The van der Waals surface area contributed by atoms with E-state index < -0.39 is 11.8 Å². The summed E-state index contributed by atoms with van der Waals surface area (Å²) >= 11 is 1.29. The number of methoxy groups -OCH3 is 1. The molecule has 0 aliphatic rings. The summed E-state index contributed by atoms with van der Waals surface area (Å²) in [6, 6.07) is 12.9. The molecular weight excluding hydrogens is 329 g/mol. The molecule has 0 spiro atoms. The lowest BCUT2D eigenvalue weighted by molar-refractivity contribution is 0.262. The van der Waals surface area contributed by atoms with Crippen molar-refractivity contribution in [2.24, 2.45) is 0 Å². The van der Waals surface area contributed by atoms with E-state index in [4.69, 9.17) is 4.74 Å². The highest BCUT2D eigenvalue weighted by molar-refractivity contribution is 7.14. The maximum absolute atomic E-state index is 13.5. The summed E-state index contributed by atoms with van der Waals surface area (Å²) in [4.78, 5) is 16.3. The fourth-order valence-electron chi connectivity index (χ4n) is 2.04. The third kappa shape index (κ3) is 3.69. The number of anilines is 2. The predicted octanol–water partition coefficient (Wildman–Crippen LogP) is 4.60. The fourth-order valence-corrected chi connectivity index (χ4v) is 2.75. The Bertz CT molecular complexity index is 849. The largest absolute Gasteiger partial charge is 0.497 e. The summed E-state index contributed by atoms with van der Waals surface area (Å²) in [7, 11) is 1.61. The van der Waals surface area contributed by atoms with Crippen LogP contribution in [0.4, 0.5) is 20.0 Å². The number of thiazole rings is 1. The quantitative estimate of drug-likeness (QED) is 0.727. The van der Waals surface area contributed by atoms with Gasteiger partial charge in [-0.05, 0) is 36.4 Å². The van der Waals surface area contributed by atoms with Gasteiger partial charge in [0.2, 0.25) is 0 Å². The Morgan fingerprint density at radius 3 is 2.58 bits per heavy atom. The number of aromatic nitrogens is 1. The van der Waals surface area contributed by atoms with Crippen molar-refractivity contribution < 1.29 is 13.9 Å². The Morgan fingerprint density at radius 2 is 1.88 bits per heavy atom. The minimum Gasteiger partial charge on any atom is -0.497 e. The minimum atomic E-state index is -0.546. The first-order chi connectivity index (χ1) is 11.7. The first kappa shape index (κ1) is 15.9. The third-order valence-corrected chi connectivity index (χ3v) is 3.99. The number of nitrogens with one attached hydrogen (secondary N) is 2. The van der Waals surface area contributed by atoms with Gasteiger partial charge in [0.05, 0.1) is 18.5 Å². The van der Waals surface area contributed by atoms with E-state index in [0.717, 1.165) is 17.0 Å². The van der Waals surface area contributed by atoms with Gasteiger partial charge in [0.15, 0.2) is 5.13 Å². The Balaban J connectivity index is 1.67. The average molecular weight is 343 g/mol. The van der Waals surface area contributed by atoms with Gasteiger partial charge >= 0.3 is 6.03 Å². The van der Waals surface area contributed by atoms with E-state index in [1.165, 1.54) is 23.5 Å². The van der Waals surface area contributed by atoms with Crippen LogP contribution in [-0.2, 0) is 0 Å². The van der Waals surface area contributed by atoms with Crippen molar-refractivity contribution in [1.29, 1.82) is 0 Å². The van der Waals surface area contributed by atoms with Crippen LogP contribution in [-0.4, -0.2) is 18.1 Å². The second-order valence-corrected chi connectivity index (χ2v) is 5.68. The van der Waals surface area contributed by atoms with Gasteiger partial charge in [-0.1, -0.05) is 12.1 Å². The lowest BCUT2D eigenvalue weighted by Gasteiger charge is -2.06. The summed E-state index contributed by atoms with van der Waals surface area (Å²) < 4.78 is 18.6. The normalized spacial score (nSPS) is 10.2. The maximum Gasteiger partial charge on any atom is 0.325 e. The van der Waals surface area contributed by atoms with Crippen LogP contribution in [0.15, 0.2) is 53.9 Å². The Morgan fingerprint density at radius 1 is 1.12 bits per heavy atom. The van der Waals surface area contributed by atoms with Crippen LogP contribution >= 0.6 is 11.3 Å². The Labute approximate surface area is 142 Å². The van der Waals surface area contributed by atoms with Crippen LogP contribution in [0.5, 0.6) is 5.75 Å². The molecule has 5 nitrogen and oxygen atoms in total. The molecule has 2 N–H and O–H groups in total. The number of para-hydroxylation sites is 1. The molecule has 122 valence electrons. The van der Waals surface area contributed by atoms with E-state index >= 15 is 0 Å². The predicted molar refractivity (Wildman–Crippen MR) is 93.1 cm³/mol. The monoisotopic (exact) mass is 343 g/mol. The summed E-state index contributed by atoms with van der Waals surface area (Å²) in [6.07, 6.45) is 0. The van der Waals surface area contributed by atoms with Crippen LogP contribution in [0.2, 0.25) is 0 Å². The van der Waals surface area contributed by atoms with E-state index in [0.29, 0.717) is 5.13 Å². The molecule has 2 aromatic carbocycles. The molecule has 0 atom stereocenters. The second-order valence-electron chi connectivity index (χ2n) is 4.83. The van der Waals surface area contributed by atoms with Gasteiger partial charge in [-0.2, -0.15) is 0 Å². The lowest BCUT2D eigenvalue weighted by atomic mass is 10.2. The van der Waals surface area contributed by atoms with E-state index in [1.54, 1.807) is 19.2 Å². The summed E-state index contributed by atoms with van der Waals surface area (Å²) in [5.41, 5.74) is 1.76. The number of urea groups is 1. The van der Waals surface area contributed by atoms with Crippen molar-refractivity contribution >= 4 is 28.2 Å². The van der Waals surface area contributed by atoms with E-state index in [1.807, 2.05) is 29.6 Å². The van der Waals surface area contributed by atoms with E-state index in [2.05, 4.69) is 15.6 Å². The number of hydrogen-bond acceptors (Lipinski definition) is 4. The van der Waals surface area contributed by atoms with Crippen molar-refractivity contribution in [3.63, 3.8) is 0 Å². The Kier molecular flexibility index (Phi) is 4.72. The number of amides is 2. The third-order valence-electron chi connectivity index (χ3n) is 3.23. The van der Waals surface area contributed by atoms with Crippen molar-refractivity contribution in [2.75, 3.05) is 17.7 Å². The number of carbonyl (C=O) groups excluding carboxylic acids is 1. The molecule has 1 aromatic heterocycles. The number of benzene rings is 2. The number of rotatable bonds is 4. The molecule has 24 heavy (non-hydrogen) atoms. The minimum absolute atomic E-state index is 0.113. The first-order valence-corrected chi connectivity index (χ1v) is 7.96. The van der Waals surface area contributed by atoms with Gasteiger partial charge in [-0.15, -0.1) is 11.3 Å². The molecule has 0 saturated heterocycles. The highest BCUT2D eigenvalue weighted by Gasteiger charge is 2.10. The highest BCUT2D eigenvalue weighted by Crippen LogP contribution is 2.26. The van der Waals surface area contributed by atoms with Crippen LogP contribution < -0.4 is 15.4 Å². The molecule has 0 saturated carbocycles. The number of halogens is 1. The molecule has 0 unspecified atom stereocenters. The molecule has 0 aliphatic carbocycles.